The highest BCUT2D eigenvalue weighted by atomic mass is 15.2. The molecule has 1 aliphatic rings. The fourth-order valence-corrected chi connectivity index (χ4v) is 3.71. The highest BCUT2D eigenvalue weighted by Crippen LogP contribution is 2.33. The summed E-state index contributed by atoms with van der Waals surface area (Å²) < 4.78 is 0. The SMILES string of the molecule is CCNC1CCN(c2cccc3ccccc23)C(C)C1C. The summed E-state index contributed by atoms with van der Waals surface area (Å²) in [4.78, 5) is 2.60. The van der Waals surface area contributed by atoms with E-state index < -0.39 is 0 Å². The molecule has 2 nitrogen and oxygen atoms in total. The molecule has 2 aromatic rings. The van der Waals surface area contributed by atoms with Crippen LogP contribution < -0.4 is 10.2 Å². The van der Waals surface area contributed by atoms with Crippen LogP contribution in [0, 0.1) is 5.92 Å². The van der Waals surface area contributed by atoms with Crippen molar-refractivity contribution in [3.8, 4) is 0 Å². The number of benzene rings is 2. The number of hydrogen-bond acceptors (Lipinski definition) is 2. The molecule has 0 aromatic heterocycles. The average Bonchev–Trinajstić information content (AvgIpc) is 2.52. The Morgan fingerprint density at radius 1 is 1.10 bits per heavy atom. The van der Waals surface area contributed by atoms with E-state index in [9.17, 15) is 0 Å². The molecule has 2 heteroatoms. The Labute approximate surface area is 128 Å². The number of anilines is 1. The quantitative estimate of drug-likeness (QED) is 0.913. The van der Waals surface area contributed by atoms with Crippen molar-refractivity contribution in [3.63, 3.8) is 0 Å². The van der Waals surface area contributed by atoms with Crippen LogP contribution in [0.5, 0.6) is 0 Å². The van der Waals surface area contributed by atoms with Gasteiger partial charge >= 0.3 is 0 Å². The molecule has 0 spiro atoms. The molecule has 21 heavy (non-hydrogen) atoms. The average molecular weight is 282 g/mol. The summed E-state index contributed by atoms with van der Waals surface area (Å²) in [6, 6.07) is 16.6. The van der Waals surface area contributed by atoms with Gasteiger partial charge in [-0.25, -0.2) is 0 Å². The van der Waals surface area contributed by atoms with E-state index in [0.717, 1.165) is 13.1 Å². The summed E-state index contributed by atoms with van der Waals surface area (Å²) in [7, 11) is 0. The van der Waals surface area contributed by atoms with E-state index in [0.29, 0.717) is 18.0 Å². The highest BCUT2D eigenvalue weighted by molar-refractivity contribution is 5.94. The summed E-state index contributed by atoms with van der Waals surface area (Å²) in [6.07, 6.45) is 1.22. The Kier molecular flexibility index (Phi) is 4.16. The largest absolute Gasteiger partial charge is 0.368 e. The van der Waals surface area contributed by atoms with Crippen LogP contribution in [0.1, 0.15) is 27.2 Å². The van der Waals surface area contributed by atoms with Crippen molar-refractivity contribution >= 4 is 16.5 Å². The fraction of sp³-hybridized carbons (Fsp3) is 0.474. The van der Waals surface area contributed by atoms with E-state index in [1.807, 2.05) is 0 Å². The van der Waals surface area contributed by atoms with E-state index in [1.165, 1.54) is 22.9 Å². The Bertz CT molecular complexity index is 602. The maximum Gasteiger partial charge on any atom is 0.0448 e. The van der Waals surface area contributed by atoms with E-state index in [4.69, 9.17) is 0 Å². The Balaban J connectivity index is 1.93. The first kappa shape index (κ1) is 14.4. The molecule has 1 N–H and O–H groups in total. The first-order chi connectivity index (χ1) is 10.2. The number of piperidine rings is 1. The van der Waals surface area contributed by atoms with E-state index in [2.05, 4.69) is 73.5 Å². The maximum atomic E-state index is 3.65. The predicted octanol–water partition coefficient (Wildman–Crippen LogP) is 4.05. The van der Waals surface area contributed by atoms with Crippen molar-refractivity contribution in [2.24, 2.45) is 5.92 Å². The molecule has 3 atom stereocenters. The predicted molar refractivity (Wildman–Crippen MR) is 92.0 cm³/mol. The molecule has 0 saturated carbocycles. The molecule has 2 aromatic carbocycles. The molecule has 3 rings (SSSR count). The van der Waals surface area contributed by atoms with Crippen molar-refractivity contribution in [1.82, 2.24) is 5.32 Å². The third kappa shape index (κ3) is 2.65. The van der Waals surface area contributed by atoms with Gasteiger partial charge < -0.3 is 10.2 Å². The molecule has 0 radical (unpaired) electrons. The lowest BCUT2D eigenvalue weighted by Crippen LogP contribution is -2.53. The normalized spacial score (nSPS) is 26.2. The zero-order valence-corrected chi connectivity index (χ0v) is 13.3. The van der Waals surface area contributed by atoms with Crippen molar-refractivity contribution in [3.05, 3.63) is 42.5 Å². The lowest BCUT2D eigenvalue weighted by atomic mass is 9.86. The van der Waals surface area contributed by atoms with Gasteiger partial charge in [0.1, 0.15) is 0 Å². The van der Waals surface area contributed by atoms with Crippen LogP contribution in [0.2, 0.25) is 0 Å². The minimum absolute atomic E-state index is 0.564. The van der Waals surface area contributed by atoms with E-state index >= 15 is 0 Å². The van der Waals surface area contributed by atoms with Gasteiger partial charge in [-0.15, -0.1) is 0 Å². The van der Waals surface area contributed by atoms with Gasteiger partial charge in [0.2, 0.25) is 0 Å². The van der Waals surface area contributed by atoms with Gasteiger partial charge in [0.15, 0.2) is 0 Å². The minimum Gasteiger partial charge on any atom is -0.368 e. The highest BCUT2D eigenvalue weighted by Gasteiger charge is 2.32. The van der Waals surface area contributed by atoms with Crippen molar-refractivity contribution in [1.29, 1.82) is 0 Å². The summed E-state index contributed by atoms with van der Waals surface area (Å²) >= 11 is 0. The van der Waals surface area contributed by atoms with Gasteiger partial charge in [0.25, 0.3) is 0 Å². The van der Waals surface area contributed by atoms with Crippen LogP contribution in [0.25, 0.3) is 10.8 Å². The van der Waals surface area contributed by atoms with Crippen molar-refractivity contribution < 1.29 is 0 Å². The van der Waals surface area contributed by atoms with E-state index in [-0.39, 0.29) is 0 Å². The lowest BCUT2D eigenvalue weighted by molar-refractivity contribution is 0.274. The monoisotopic (exact) mass is 282 g/mol. The second kappa shape index (κ2) is 6.07. The summed E-state index contributed by atoms with van der Waals surface area (Å²) in [5, 5.41) is 6.36. The van der Waals surface area contributed by atoms with Crippen molar-refractivity contribution in [2.45, 2.75) is 39.3 Å². The van der Waals surface area contributed by atoms with Crippen molar-refractivity contribution in [2.75, 3.05) is 18.0 Å². The second-order valence-electron chi connectivity index (χ2n) is 6.24. The molecule has 112 valence electrons. The smallest absolute Gasteiger partial charge is 0.0448 e. The molecule has 1 fully saturated rings. The van der Waals surface area contributed by atoms with Gasteiger partial charge in [0.05, 0.1) is 0 Å². The van der Waals surface area contributed by atoms with Crippen LogP contribution in [0.15, 0.2) is 42.5 Å². The molecule has 0 amide bonds. The zero-order valence-electron chi connectivity index (χ0n) is 13.3. The van der Waals surface area contributed by atoms with Crippen LogP contribution in [-0.2, 0) is 0 Å². The Morgan fingerprint density at radius 3 is 2.67 bits per heavy atom. The molecular formula is C19H26N2. The van der Waals surface area contributed by atoms with Gasteiger partial charge in [-0.1, -0.05) is 50.2 Å². The molecule has 3 unspecified atom stereocenters. The summed E-state index contributed by atoms with van der Waals surface area (Å²) in [5.74, 6) is 0.665. The maximum absolute atomic E-state index is 3.65. The summed E-state index contributed by atoms with van der Waals surface area (Å²) in [6.45, 7) is 9.16. The molecule has 1 heterocycles. The van der Waals surface area contributed by atoms with E-state index in [1.54, 1.807) is 0 Å². The van der Waals surface area contributed by atoms with Crippen LogP contribution in [0.4, 0.5) is 5.69 Å². The van der Waals surface area contributed by atoms with Gasteiger partial charge in [-0.2, -0.15) is 0 Å². The third-order valence-corrected chi connectivity index (χ3v) is 5.11. The molecule has 1 aliphatic heterocycles. The molecule has 0 bridgehead atoms. The standard InChI is InChI=1S/C19H26N2/c1-4-20-18-12-13-21(15(3)14(18)2)19-11-7-9-16-8-5-6-10-17(16)19/h5-11,14-15,18,20H,4,12-13H2,1-3H3. The number of rotatable bonds is 3. The van der Waals surface area contributed by atoms with Gasteiger partial charge in [-0.3, -0.25) is 0 Å². The third-order valence-electron chi connectivity index (χ3n) is 5.11. The van der Waals surface area contributed by atoms with Crippen LogP contribution in [0.3, 0.4) is 0 Å². The van der Waals surface area contributed by atoms with Gasteiger partial charge in [0, 0.05) is 29.7 Å². The Morgan fingerprint density at radius 2 is 1.86 bits per heavy atom. The first-order valence-corrected chi connectivity index (χ1v) is 8.20. The number of nitrogens with zero attached hydrogens (tertiary/aromatic N) is 1. The first-order valence-electron chi connectivity index (χ1n) is 8.20. The fourth-order valence-electron chi connectivity index (χ4n) is 3.71. The topological polar surface area (TPSA) is 15.3 Å². The molecule has 1 saturated heterocycles. The second-order valence-corrected chi connectivity index (χ2v) is 6.24. The van der Waals surface area contributed by atoms with Crippen LogP contribution >= 0.6 is 0 Å². The molecule has 0 aliphatic carbocycles. The van der Waals surface area contributed by atoms with Gasteiger partial charge in [-0.05, 0) is 37.3 Å². The van der Waals surface area contributed by atoms with Crippen LogP contribution in [-0.4, -0.2) is 25.2 Å². The molecular weight excluding hydrogens is 256 g/mol. The number of nitrogens with one attached hydrogen (secondary N) is 1. The summed E-state index contributed by atoms with van der Waals surface area (Å²) in [5.41, 5.74) is 1.39. The number of hydrogen-bond donors (Lipinski definition) is 1. The number of fused-ring (bicyclic) bond motifs is 1. The minimum atomic E-state index is 0.564. The lowest BCUT2D eigenvalue weighted by Gasteiger charge is -2.44. The Hall–Kier alpha value is -1.54. The zero-order chi connectivity index (χ0) is 14.8.